The molecule has 1 atom stereocenters. The molecule has 1 aromatic heterocycles. The highest BCUT2D eigenvalue weighted by molar-refractivity contribution is 14.0. The second-order valence-electron chi connectivity index (χ2n) is 7.64. The van der Waals surface area contributed by atoms with Crippen LogP contribution in [0.2, 0.25) is 0 Å². The molecule has 1 fully saturated rings. The number of benzene rings is 2. The molecule has 3 N–H and O–H groups in total. The lowest BCUT2D eigenvalue weighted by molar-refractivity contribution is 0.649. The zero-order chi connectivity index (χ0) is 20.8. The average molecular weight is 531 g/mol. The Hall–Kier alpha value is -2.62. The first-order chi connectivity index (χ1) is 14.7. The summed E-state index contributed by atoms with van der Waals surface area (Å²) in [5.41, 5.74) is 4.73. The van der Waals surface area contributed by atoms with E-state index in [-0.39, 0.29) is 24.0 Å². The lowest BCUT2D eigenvalue weighted by Gasteiger charge is -2.20. The maximum absolute atomic E-state index is 4.81. The molecule has 1 saturated heterocycles. The Bertz CT molecular complexity index is 970. The molecule has 0 amide bonds. The van der Waals surface area contributed by atoms with Crippen LogP contribution in [0.4, 0.5) is 5.69 Å². The first kappa shape index (κ1) is 23.1. The number of nitrogens with zero attached hydrogens (tertiary/aromatic N) is 4. The SMILES string of the molecule is CCNC(=NCc1cccc(-c2ncn[nH]2)c1)NC1CCN(c2ccc(C)cc2)C1.I. The van der Waals surface area contributed by atoms with Crippen molar-refractivity contribution >= 4 is 35.6 Å². The molecular formula is C23H30IN7. The molecule has 4 rings (SSSR count). The number of hydrogen-bond donors (Lipinski definition) is 3. The monoisotopic (exact) mass is 531 g/mol. The van der Waals surface area contributed by atoms with Gasteiger partial charge >= 0.3 is 0 Å². The van der Waals surface area contributed by atoms with Crippen LogP contribution in [0.15, 0.2) is 59.9 Å². The van der Waals surface area contributed by atoms with Crippen LogP contribution in [0.5, 0.6) is 0 Å². The molecule has 0 bridgehead atoms. The van der Waals surface area contributed by atoms with Crippen LogP contribution >= 0.6 is 24.0 Å². The van der Waals surface area contributed by atoms with E-state index in [2.05, 4.69) is 81.0 Å². The third-order valence-corrected chi connectivity index (χ3v) is 5.31. The number of guanidine groups is 1. The van der Waals surface area contributed by atoms with Gasteiger partial charge in [0, 0.05) is 36.9 Å². The summed E-state index contributed by atoms with van der Waals surface area (Å²) in [6.45, 7) is 7.69. The highest BCUT2D eigenvalue weighted by Gasteiger charge is 2.23. The van der Waals surface area contributed by atoms with Crippen molar-refractivity contribution < 1.29 is 0 Å². The molecule has 0 saturated carbocycles. The third kappa shape index (κ3) is 6.19. The number of halogens is 1. The lowest BCUT2D eigenvalue weighted by atomic mass is 10.1. The summed E-state index contributed by atoms with van der Waals surface area (Å²) in [6.07, 6.45) is 2.62. The smallest absolute Gasteiger partial charge is 0.191 e. The molecule has 0 aliphatic carbocycles. The molecule has 164 valence electrons. The highest BCUT2D eigenvalue weighted by Crippen LogP contribution is 2.21. The molecular weight excluding hydrogens is 501 g/mol. The Labute approximate surface area is 200 Å². The summed E-state index contributed by atoms with van der Waals surface area (Å²) < 4.78 is 0. The molecule has 2 heterocycles. The summed E-state index contributed by atoms with van der Waals surface area (Å²) in [6, 6.07) is 17.4. The molecule has 1 aliphatic heterocycles. The van der Waals surface area contributed by atoms with Crippen molar-refractivity contribution in [1.82, 2.24) is 25.8 Å². The molecule has 8 heteroatoms. The Kier molecular flexibility index (Phi) is 8.27. The minimum Gasteiger partial charge on any atom is -0.369 e. The van der Waals surface area contributed by atoms with Crippen LogP contribution in [-0.4, -0.2) is 46.8 Å². The van der Waals surface area contributed by atoms with Crippen molar-refractivity contribution in [3.8, 4) is 11.4 Å². The van der Waals surface area contributed by atoms with Gasteiger partial charge in [-0.2, -0.15) is 5.10 Å². The third-order valence-electron chi connectivity index (χ3n) is 5.31. The summed E-state index contributed by atoms with van der Waals surface area (Å²) >= 11 is 0. The van der Waals surface area contributed by atoms with Gasteiger partial charge in [-0.15, -0.1) is 24.0 Å². The fourth-order valence-corrected chi connectivity index (χ4v) is 3.71. The van der Waals surface area contributed by atoms with Gasteiger partial charge in [0.15, 0.2) is 11.8 Å². The Morgan fingerprint density at radius 1 is 1.23 bits per heavy atom. The molecule has 1 unspecified atom stereocenters. The number of rotatable bonds is 6. The van der Waals surface area contributed by atoms with Gasteiger partial charge in [0.05, 0.1) is 6.54 Å². The Balaban J connectivity index is 0.00000272. The Morgan fingerprint density at radius 2 is 2.06 bits per heavy atom. The van der Waals surface area contributed by atoms with Crippen LogP contribution in [-0.2, 0) is 6.54 Å². The van der Waals surface area contributed by atoms with Crippen molar-refractivity contribution in [1.29, 1.82) is 0 Å². The molecule has 1 aliphatic rings. The van der Waals surface area contributed by atoms with Crippen molar-refractivity contribution in [3.63, 3.8) is 0 Å². The number of aliphatic imine (C=N–C) groups is 1. The summed E-state index contributed by atoms with van der Waals surface area (Å²) in [5.74, 6) is 1.63. The number of anilines is 1. The quantitative estimate of drug-likeness (QED) is 0.257. The summed E-state index contributed by atoms with van der Waals surface area (Å²) in [4.78, 5) is 11.5. The first-order valence-corrected chi connectivity index (χ1v) is 10.5. The van der Waals surface area contributed by atoms with Gasteiger partial charge in [-0.1, -0.05) is 35.9 Å². The van der Waals surface area contributed by atoms with E-state index in [0.717, 1.165) is 49.0 Å². The van der Waals surface area contributed by atoms with E-state index in [1.165, 1.54) is 17.6 Å². The van der Waals surface area contributed by atoms with Gasteiger partial charge in [0.2, 0.25) is 0 Å². The van der Waals surface area contributed by atoms with Crippen molar-refractivity contribution in [2.45, 2.75) is 32.9 Å². The summed E-state index contributed by atoms with van der Waals surface area (Å²) in [5, 5.41) is 13.8. The van der Waals surface area contributed by atoms with Crippen molar-refractivity contribution in [3.05, 3.63) is 66.0 Å². The van der Waals surface area contributed by atoms with E-state index >= 15 is 0 Å². The number of H-pyrrole nitrogens is 1. The average Bonchev–Trinajstić information content (AvgIpc) is 3.46. The number of aromatic nitrogens is 3. The maximum Gasteiger partial charge on any atom is 0.191 e. The van der Waals surface area contributed by atoms with Crippen LogP contribution in [0, 0.1) is 6.92 Å². The standard InChI is InChI=1S/C23H29N7.HI/c1-3-24-23(25-14-18-5-4-6-19(13-18)22-26-16-27-29-22)28-20-11-12-30(15-20)21-9-7-17(2)8-10-21;/h4-10,13,16,20H,3,11-12,14-15H2,1-2H3,(H2,24,25,28)(H,26,27,29);1H. The van der Waals surface area contributed by atoms with E-state index in [1.54, 1.807) is 0 Å². The van der Waals surface area contributed by atoms with E-state index in [9.17, 15) is 0 Å². The van der Waals surface area contributed by atoms with Gasteiger partial charge in [0.25, 0.3) is 0 Å². The lowest BCUT2D eigenvalue weighted by Crippen LogP contribution is -2.44. The minimum absolute atomic E-state index is 0. The fourth-order valence-electron chi connectivity index (χ4n) is 3.71. The van der Waals surface area contributed by atoms with Gasteiger partial charge in [-0.05, 0) is 44.0 Å². The number of aryl methyl sites for hydroxylation is 1. The molecule has 0 radical (unpaired) electrons. The first-order valence-electron chi connectivity index (χ1n) is 10.5. The zero-order valence-electron chi connectivity index (χ0n) is 18.0. The van der Waals surface area contributed by atoms with E-state index in [4.69, 9.17) is 4.99 Å². The van der Waals surface area contributed by atoms with Crippen molar-refractivity contribution in [2.75, 3.05) is 24.5 Å². The van der Waals surface area contributed by atoms with Crippen LogP contribution in [0.25, 0.3) is 11.4 Å². The van der Waals surface area contributed by atoms with Gasteiger partial charge in [-0.25, -0.2) is 9.98 Å². The maximum atomic E-state index is 4.81. The molecule has 7 nitrogen and oxygen atoms in total. The molecule has 2 aromatic carbocycles. The second kappa shape index (κ2) is 11.1. The Morgan fingerprint density at radius 3 is 2.81 bits per heavy atom. The summed E-state index contributed by atoms with van der Waals surface area (Å²) in [7, 11) is 0. The fraction of sp³-hybridized carbons (Fsp3) is 0.348. The second-order valence-corrected chi connectivity index (χ2v) is 7.64. The highest BCUT2D eigenvalue weighted by atomic mass is 127. The number of nitrogens with one attached hydrogen (secondary N) is 3. The van der Waals surface area contributed by atoms with E-state index in [0.29, 0.717) is 12.6 Å². The largest absolute Gasteiger partial charge is 0.369 e. The zero-order valence-corrected chi connectivity index (χ0v) is 20.3. The predicted molar refractivity (Wildman–Crippen MR) is 137 cm³/mol. The van der Waals surface area contributed by atoms with Gasteiger partial charge in [0.1, 0.15) is 6.33 Å². The van der Waals surface area contributed by atoms with E-state index in [1.807, 2.05) is 12.1 Å². The van der Waals surface area contributed by atoms with Crippen LogP contribution in [0.3, 0.4) is 0 Å². The molecule has 3 aromatic rings. The molecule has 31 heavy (non-hydrogen) atoms. The normalized spacial score (nSPS) is 16.1. The van der Waals surface area contributed by atoms with Gasteiger partial charge in [-0.3, -0.25) is 5.10 Å². The van der Waals surface area contributed by atoms with Crippen LogP contribution < -0.4 is 15.5 Å². The number of hydrogen-bond acceptors (Lipinski definition) is 4. The topological polar surface area (TPSA) is 81.2 Å². The minimum atomic E-state index is 0. The van der Waals surface area contributed by atoms with Gasteiger partial charge < -0.3 is 15.5 Å². The van der Waals surface area contributed by atoms with Crippen LogP contribution in [0.1, 0.15) is 24.5 Å². The van der Waals surface area contributed by atoms with E-state index < -0.39 is 0 Å². The number of aromatic amines is 1. The van der Waals surface area contributed by atoms with Crippen molar-refractivity contribution in [2.24, 2.45) is 4.99 Å². The molecule has 0 spiro atoms. The predicted octanol–water partition coefficient (Wildman–Crippen LogP) is 3.73.